The summed E-state index contributed by atoms with van der Waals surface area (Å²) in [5.41, 5.74) is 4.57. The first-order valence-electron chi connectivity index (χ1n) is 2.37. The highest BCUT2D eigenvalue weighted by Gasteiger charge is 1.91. The zero-order valence-electron chi connectivity index (χ0n) is 4.77. The lowest BCUT2D eigenvalue weighted by Gasteiger charge is -1.86. The van der Waals surface area contributed by atoms with Crippen LogP contribution in [0.3, 0.4) is 0 Å². The average molecular weight is 255 g/mol. The molecule has 0 aromatic heterocycles. The lowest BCUT2D eigenvalue weighted by Crippen LogP contribution is -3.00. The maximum Gasteiger partial charge on any atom is 0.146 e. The van der Waals surface area contributed by atoms with E-state index < -0.39 is 0 Å². The van der Waals surface area contributed by atoms with Gasteiger partial charge in [-0.3, -0.25) is 0 Å². The van der Waals surface area contributed by atoms with E-state index in [-0.39, 0.29) is 24.0 Å². The molecule has 0 aliphatic heterocycles. The summed E-state index contributed by atoms with van der Waals surface area (Å²) >= 11 is 5.65. The van der Waals surface area contributed by atoms with Gasteiger partial charge in [0.15, 0.2) is 0 Å². The second-order valence-corrected chi connectivity index (χ2v) is 2.00. The van der Waals surface area contributed by atoms with E-state index in [1.807, 2.05) is 24.3 Å². The molecule has 0 unspecified atom stereocenters. The molecule has 0 bridgehead atoms. The van der Waals surface area contributed by atoms with Gasteiger partial charge in [0.05, 0.1) is 0 Å². The van der Waals surface area contributed by atoms with Crippen LogP contribution in [0.25, 0.3) is 0 Å². The summed E-state index contributed by atoms with van der Waals surface area (Å²) in [5.74, 6) is 0. The number of hydrogen-bond acceptors (Lipinski definition) is 0. The van der Waals surface area contributed by atoms with Gasteiger partial charge in [-0.15, -0.1) is 0 Å². The Balaban J connectivity index is 0.000000640. The topological polar surface area (TPSA) is 27.6 Å². The fourth-order valence-electron chi connectivity index (χ4n) is 0.498. The normalized spacial score (nSPS) is 8.22. The van der Waals surface area contributed by atoms with Crippen molar-refractivity contribution in [1.29, 1.82) is 0 Å². The molecule has 3 N–H and O–H groups in total. The second-order valence-electron chi connectivity index (χ2n) is 1.59. The Bertz CT molecular complexity index is 169. The Morgan fingerprint density at radius 3 is 2.11 bits per heavy atom. The van der Waals surface area contributed by atoms with E-state index in [1.54, 1.807) is 0 Å². The molecule has 0 atom stereocenters. The van der Waals surface area contributed by atoms with Gasteiger partial charge in [0, 0.05) is 6.07 Å². The number of halogens is 2. The Kier molecular flexibility index (Phi) is 4.18. The molecular formula is C6H7ClIN. The SMILES string of the molecule is [I-].[NH3+]c1ccccc1Cl. The van der Waals surface area contributed by atoms with Crippen molar-refractivity contribution < 1.29 is 29.7 Å². The average Bonchev–Trinajstić information content (AvgIpc) is 1.77. The van der Waals surface area contributed by atoms with Crippen molar-refractivity contribution in [2.75, 3.05) is 0 Å². The minimum atomic E-state index is 0. The largest absolute Gasteiger partial charge is 1.00 e. The van der Waals surface area contributed by atoms with Gasteiger partial charge in [-0.05, 0) is 6.07 Å². The Hall–Kier alpha value is 0.200. The van der Waals surface area contributed by atoms with E-state index in [0.717, 1.165) is 10.7 Å². The van der Waals surface area contributed by atoms with Crippen LogP contribution < -0.4 is 29.7 Å². The van der Waals surface area contributed by atoms with Gasteiger partial charge in [-0.25, -0.2) is 0 Å². The van der Waals surface area contributed by atoms with Crippen molar-refractivity contribution in [3.05, 3.63) is 29.3 Å². The van der Waals surface area contributed by atoms with Crippen molar-refractivity contribution in [1.82, 2.24) is 0 Å². The van der Waals surface area contributed by atoms with E-state index in [4.69, 9.17) is 11.6 Å². The summed E-state index contributed by atoms with van der Waals surface area (Å²) in [6.07, 6.45) is 0. The Labute approximate surface area is 76.2 Å². The molecule has 0 fully saturated rings. The lowest BCUT2D eigenvalue weighted by molar-refractivity contribution is -0.254. The summed E-state index contributed by atoms with van der Waals surface area (Å²) in [5, 5.41) is 0.729. The van der Waals surface area contributed by atoms with Gasteiger partial charge >= 0.3 is 0 Å². The van der Waals surface area contributed by atoms with Gasteiger partial charge in [-0.2, -0.15) is 0 Å². The highest BCUT2D eigenvalue weighted by Crippen LogP contribution is 2.13. The molecule has 1 aromatic rings. The summed E-state index contributed by atoms with van der Waals surface area (Å²) < 4.78 is 0. The van der Waals surface area contributed by atoms with Gasteiger partial charge in [-0.1, -0.05) is 23.7 Å². The van der Waals surface area contributed by atoms with Gasteiger partial charge in [0.25, 0.3) is 0 Å². The van der Waals surface area contributed by atoms with Crippen LogP contribution in [0.15, 0.2) is 24.3 Å². The molecule has 9 heavy (non-hydrogen) atoms. The molecule has 0 aliphatic rings. The summed E-state index contributed by atoms with van der Waals surface area (Å²) in [4.78, 5) is 0. The molecule has 0 heterocycles. The van der Waals surface area contributed by atoms with Crippen molar-refractivity contribution >= 4 is 17.3 Å². The van der Waals surface area contributed by atoms with Crippen LogP contribution in [-0.2, 0) is 0 Å². The first-order valence-corrected chi connectivity index (χ1v) is 2.75. The minimum Gasteiger partial charge on any atom is -1.00 e. The first-order chi connectivity index (χ1) is 3.80. The monoisotopic (exact) mass is 255 g/mol. The third-order valence-corrected chi connectivity index (χ3v) is 1.33. The molecule has 0 saturated heterocycles. The molecule has 0 amide bonds. The van der Waals surface area contributed by atoms with Crippen molar-refractivity contribution in [3.8, 4) is 0 Å². The fourth-order valence-corrected chi connectivity index (χ4v) is 0.634. The van der Waals surface area contributed by atoms with Crippen LogP contribution in [-0.4, -0.2) is 0 Å². The number of quaternary nitrogens is 1. The third kappa shape index (κ3) is 2.51. The van der Waals surface area contributed by atoms with Crippen LogP contribution >= 0.6 is 11.6 Å². The van der Waals surface area contributed by atoms with Crippen molar-refractivity contribution in [2.45, 2.75) is 0 Å². The van der Waals surface area contributed by atoms with Crippen molar-refractivity contribution in [3.63, 3.8) is 0 Å². The molecule has 0 aliphatic carbocycles. The molecular weight excluding hydrogens is 248 g/mol. The minimum absolute atomic E-state index is 0. The van der Waals surface area contributed by atoms with E-state index in [1.165, 1.54) is 0 Å². The van der Waals surface area contributed by atoms with E-state index >= 15 is 0 Å². The zero-order valence-corrected chi connectivity index (χ0v) is 7.69. The summed E-state index contributed by atoms with van der Waals surface area (Å²) in [7, 11) is 0. The summed E-state index contributed by atoms with van der Waals surface area (Å²) in [6, 6.07) is 7.50. The zero-order chi connectivity index (χ0) is 5.98. The van der Waals surface area contributed by atoms with E-state index in [0.29, 0.717) is 0 Å². The van der Waals surface area contributed by atoms with E-state index in [2.05, 4.69) is 5.73 Å². The highest BCUT2D eigenvalue weighted by molar-refractivity contribution is 6.32. The maximum absolute atomic E-state index is 5.65. The van der Waals surface area contributed by atoms with Crippen LogP contribution in [0.5, 0.6) is 0 Å². The van der Waals surface area contributed by atoms with Gasteiger partial charge in [0.1, 0.15) is 10.7 Å². The Morgan fingerprint density at radius 2 is 1.78 bits per heavy atom. The van der Waals surface area contributed by atoms with Gasteiger partial charge < -0.3 is 29.7 Å². The summed E-state index contributed by atoms with van der Waals surface area (Å²) in [6.45, 7) is 0. The third-order valence-electron chi connectivity index (χ3n) is 0.958. The molecule has 3 heteroatoms. The number of rotatable bonds is 0. The quantitative estimate of drug-likeness (QED) is 0.531. The van der Waals surface area contributed by atoms with Crippen LogP contribution in [0, 0.1) is 0 Å². The Morgan fingerprint density at radius 1 is 1.22 bits per heavy atom. The molecule has 1 aromatic carbocycles. The van der Waals surface area contributed by atoms with Crippen LogP contribution in [0.2, 0.25) is 5.02 Å². The van der Waals surface area contributed by atoms with Crippen LogP contribution in [0.4, 0.5) is 5.69 Å². The maximum atomic E-state index is 5.65. The van der Waals surface area contributed by atoms with E-state index in [9.17, 15) is 0 Å². The second kappa shape index (κ2) is 4.09. The predicted octanol–water partition coefficient (Wildman–Crippen LogP) is -1.78. The molecule has 1 rings (SSSR count). The molecule has 50 valence electrons. The molecule has 0 radical (unpaired) electrons. The molecule has 0 saturated carbocycles. The lowest BCUT2D eigenvalue weighted by atomic mass is 10.3. The smallest absolute Gasteiger partial charge is 0.146 e. The van der Waals surface area contributed by atoms with Gasteiger partial charge in [0.2, 0.25) is 0 Å². The molecule has 1 nitrogen and oxygen atoms in total. The first kappa shape index (κ1) is 9.20. The van der Waals surface area contributed by atoms with Crippen LogP contribution in [0.1, 0.15) is 0 Å². The predicted molar refractivity (Wildman–Crippen MR) is 34.0 cm³/mol. The molecule has 0 spiro atoms. The standard InChI is InChI=1S/C6H6ClN.HI/c7-5-3-1-2-4-6(5)8;/h1-4H,8H2;1H. The highest BCUT2D eigenvalue weighted by atomic mass is 127. The fraction of sp³-hybridized carbons (Fsp3) is 0. The van der Waals surface area contributed by atoms with Crippen molar-refractivity contribution in [2.24, 2.45) is 0 Å². The number of benzene rings is 1. The number of hydrogen-bond donors (Lipinski definition) is 1.